The molecule has 0 rings (SSSR count). The first-order valence-corrected chi connectivity index (χ1v) is 5.99. The smallest absolute Gasteiger partial charge is 0.216 e. The molecular weight excluding hydrogens is 188 g/mol. The minimum Gasteiger partial charge on any atom is -0.316 e. The van der Waals surface area contributed by atoms with E-state index in [1.165, 1.54) is 0 Å². The third-order valence-electron chi connectivity index (χ3n) is 1.65. The molecule has 0 aliphatic rings. The molecule has 5 heteroatoms. The number of rotatable bonds is 5. The summed E-state index contributed by atoms with van der Waals surface area (Å²) < 4.78 is 24.8. The van der Waals surface area contributed by atoms with Crippen LogP contribution in [-0.4, -0.2) is 32.8 Å². The number of nitrogens with one attached hydrogen (secondary N) is 2. The highest BCUT2D eigenvalue weighted by molar-refractivity contribution is 7.90. The average molecular weight is 208 g/mol. The molecule has 0 aromatic rings. The first-order valence-electron chi connectivity index (χ1n) is 4.51. The van der Waals surface area contributed by atoms with Crippen LogP contribution < -0.4 is 10.0 Å². The van der Waals surface area contributed by atoms with Gasteiger partial charge in [0.1, 0.15) is 0 Å². The van der Waals surface area contributed by atoms with Crippen LogP contribution in [0.4, 0.5) is 0 Å². The summed E-state index contributed by atoms with van der Waals surface area (Å²) in [5, 5.41) is 3.05. The van der Waals surface area contributed by atoms with E-state index in [-0.39, 0.29) is 0 Å². The maximum absolute atomic E-state index is 11.5. The van der Waals surface area contributed by atoms with Gasteiger partial charge in [-0.1, -0.05) is 6.92 Å². The molecule has 0 radical (unpaired) electrons. The van der Waals surface area contributed by atoms with Gasteiger partial charge in [0.2, 0.25) is 10.0 Å². The summed E-state index contributed by atoms with van der Waals surface area (Å²) in [6, 6.07) is 0. The zero-order chi connectivity index (χ0) is 10.5. The van der Waals surface area contributed by atoms with Crippen LogP contribution in [0.3, 0.4) is 0 Å². The lowest BCUT2D eigenvalue weighted by atomic mass is 10.3. The molecule has 0 atom stereocenters. The molecule has 0 heterocycles. The van der Waals surface area contributed by atoms with E-state index in [1.807, 2.05) is 6.92 Å². The molecule has 0 aliphatic carbocycles. The molecule has 0 bridgehead atoms. The van der Waals surface area contributed by atoms with Crippen LogP contribution in [0, 0.1) is 0 Å². The Morgan fingerprint density at radius 3 is 2.08 bits per heavy atom. The largest absolute Gasteiger partial charge is 0.316 e. The lowest BCUT2D eigenvalue weighted by Gasteiger charge is -2.19. The summed E-state index contributed by atoms with van der Waals surface area (Å²) in [4.78, 5) is 0. The first-order chi connectivity index (χ1) is 5.81. The van der Waals surface area contributed by atoms with Crippen molar-refractivity contribution in [1.29, 1.82) is 0 Å². The van der Waals surface area contributed by atoms with Crippen LogP contribution in [0.25, 0.3) is 0 Å². The highest BCUT2D eigenvalue weighted by Crippen LogP contribution is 2.12. The predicted molar refractivity (Wildman–Crippen MR) is 55.2 cm³/mol. The topological polar surface area (TPSA) is 58.2 Å². The second-order valence-electron chi connectivity index (χ2n) is 3.86. The number of hydrogen-bond donors (Lipinski definition) is 2. The van der Waals surface area contributed by atoms with E-state index in [1.54, 1.807) is 20.8 Å². The fraction of sp³-hybridized carbons (Fsp3) is 1.00. The van der Waals surface area contributed by atoms with Gasteiger partial charge in [-0.05, 0) is 27.3 Å². The maximum Gasteiger partial charge on any atom is 0.216 e. The van der Waals surface area contributed by atoms with Crippen molar-refractivity contribution < 1.29 is 8.42 Å². The molecule has 0 aromatic carbocycles. The minimum absolute atomic E-state index is 0.452. The van der Waals surface area contributed by atoms with E-state index >= 15 is 0 Å². The SMILES string of the molecule is CCNCCNS(=O)(=O)C(C)(C)C. The van der Waals surface area contributed by atoms with Gasteiger partial charge in [-0.3, -0.25) is 0 Å². The molecule has 0 saturated carbocycles. The molecule has 13 heavy (non-hydrogen) atoms. The minimum atomic E-state index is -3.17. The van der Waals surface area contributed by atoms with Crippen LogP contribution in [-0.2, 0) is 10.0 Å². The van der Waals surface area contributed by atoms with Crippen LogP contribution in [0.15, 0.2) is 0 Å². The normalized spacial score (nSPS) is 13.2. The number of hydrogen-bond acceptors (Lipinski definition) is 3. The zero-order valence-corrected chi connectivity index (χ0v) is 9.66. The van der Waals surface area contributed by atoms with E-state index < -0.39 is 14.8 Å². The second-order valence-corrected chi connectivity index (χ2v) is 6.38. The Bertz CT molecular complexity index is 229. The van der Waals surface area contributed by atoms with Gasteiger partial charge in [-0.15, -0.1) is 0 Å². The first kappa shape index (κ1) is 12.9. The van der Waals surface area contributed by atoms with E-state index in [0.29, 0.717) is 13.1 Å². The zero-order valence-electron chi connectivity index (χ0n) is 8.85. The summed E-state index contributed by atoms with van der Waals surface area (Å²) in [6.07, 6.45) is 0. The molecule has 2 N–H and O–H groups in total. The van der Waals surface area contributed by atoms with E-state index in [4.69, 9.17) is 0 Å². The number of sulfonamides is 1. The highest BCUT2D eigenvalue weighted by Gasteiger charge is 2.27. The van der Waals surface area contributed by atoms with Crippen molar-refractivity contribution >= 4 is 10.0 Å². The fourth-order valence-corrected chi connectivity index (χ4v) is 1.47. The highest BCUT2D eigenvalue weighted by atomic mass is 32.2. The van der Waals surface area contributed by atoms with Crippen molar-refractivity contribution in [3.8, 4) is 0 Å². The standard InChI is InChI=1S/C8H20N2O2S/c1-5-9-6-7-10-13(11,12)8(2,3)4/h9-10H,5-7H2,1-4H3. The predicted octanol–water partition coefficient (Wildman–Crippen LogP) is 0.314. The Hall–Kier alpha value is -0.130. The van der Waals surface area contributed by atoms with Gasteiger partial charge in [-0.25, -0.2) is 13.1 Å². The summed E-state index contributed by atoms with van der Waals surface area (Å²) in [5.74, 6) is 0. The van der Waals surface area contributed by atoms with E-state index in [2.05, 4.69) is 10.0 Å². The average Bonchev–Trinajstić information content (AvgIpc) is 1.96. The Labute approximate surface area is 81.2 Å². The van der Waals surface area contributed by atoms with Gasteiger partial charge in [0.05, 0.1) is 4.75 Å². The number of likely N-dealkylation sites (N-methyl/N-ethyl adjacent to an activating group) is 1. The molecule has 0 unspecified atom stereocenters. The van der Waals surface area contributed by atoms with Gasteiger partial charge in [0, 0.05) is 13.1 Å². The summed E-state index contributed by atoms with van der Waals surface area (Å²) in [5.41, 5.74) is 0. The molecule has 0 amide bonds. The third-order valence-corrected chi connectivity index (χ3v) is 3.85. The van der Waals surface area contributed by atoms with Crippen LogP contribution in [0.1, 0.15) is 27.7 Å². The lowest BCUT2D eigenvalue weighted by molar-refractivity contribution is 0.542. The summed E-state index contributed by atoms with van der Waals surface area (Å²) in [6.45, 7) is 9.02. The lowest BCUT2D eigenvalue weighted by Crippen LogP contribution is -2.42. The van der Waals surface area contributed by atoms with Crippen LogP contribution in [0.5, 0.6) is 0 Å². The van der Waals surface area contributed by atoms with Crippen molar-refractivity contribution in [2.45, 2.75) is 32.4 Å². The fourth-order valence-electron chi connectivity index (χ4n) is 0.667. The molecule has 0 aliphatic heterocycles. The Kier molecular flexibility index (Phi) is 4.88. The van der Waals surface area contributed by atoms with Crippen molar-refractivity contribution in [2.24, 2.45) is 0 Å². The van der Waals surface area contributed by atoms with Gasteiger partial charge in [0.15, 0.2) is 0 Å². The summed E-state index contributed by atoms with van der Waals surface area (Å²) >= 11 is 0. The van der Waals surface area contributed by atoms with Crippen molar-refractivity contribution in [3.05, 3.63) is 0 Å². The molecule has 0 aromatic heterocycles. The van der Waals surface area contributed by atoms with Gasteiger partial charge < -0.3 is 5.32 Å². The van der Waals surface area contributed by atoms with Crippen molar-refractivity contribution in [1.82, 2.24) is 10.0 Å². The molecular formula is C8H20N2O2S. The van der Waals surface area contributed by atoms with Gasteiger partial charge in [0.25, 0.3) is 0 Å². The second kappa shape index (κ2) is 4.93. The van der Waals surface area contributed by atoms with Crippen LogP contribution >= 0.6 is 0 Å². The molecule has 0 fully saturated rings. The quantitative estimate of drug-likeness (QED) is 0.639. The summed E-state index contributed by atoms with van der Waals surface area (Å²) in [7, 11) is -3.17. The van der Waals surface area contributed by atoms with E-state index in [9.17, 15) is 8.42 Å². The van der Waals surface area contributed by atoms with Crippen LogP contribution in [0.2, 0.25) is 0 Å². The van der Waals surface area contributed by atoms with Crippen molar-refractivity contribution in [3.63, 3.8) is 0 Å². The van der Waals surface area contributed by atoms with Gasteiger partial charge >= 0.3 is 0 Å². The van der Waals surface area contributed by atoms with Gasteiger partial charge in [-0.2, -0.15) is 0 Å². The van der Waals surface area contributed by atoms with Crippen molar-refractivity contribution in [2.75, 3.05) is 19.6 Å². The Balaban J connectivity index is 3.92. The Morgan fingerprint density at radius 2 is 1.69 bits per heavy atom. The molecule has 0 saturated heterocycles. The van der Waals surface area contributed by atoms with E-state index in [0.717, 1.165) is 6.54 Å². The third kappa shape index (κ3) is 4.59. The molecule has 0 spiro atoms. The molecule has 80 valence electrons. The molecule has 4 nitrogen and oxygen atoms in total. The monoisotopic (exact) mass is 208 g/mol. The Morgan fingerprint density at radius 1 is 1.15 bits per heavy atom. The maximum atomic E-state index is 11.5.